The van der Waals surface area contributed by atoms with Crippen LogP contribution in [0.4, 0.5) is 0 Å². The Balaban J connectivity index is 2.23. The van der Waals surface area contributed by atoms with Crippen LogP contribution < -0.4 is 5.32 Å². The van der Waals surface area contributed by atoms with Crippen LogP contribution in [0.1, 0.15) is 26.2 Å². The number of hydrogen-bond donors (Lipinski definition) is 2. The van der Waals surface area contributed by atoms with Gasteiger partial charge in [0, 0.05) is 11.3 Å². The maximum atomic E-state index is 9.37. The van der Waals surface area contributed by atoms with Crippen molar-refractivity contribution in [3.05, 3.63) is 5.51 Å². The summed E-state index contributed by atoms with van der Waals surface area (Å²) in [6, 6.07) is 0. The van der Waals surface area contributed by atoms with E-state index < -0.39 is 0 Å². The first-order chi connectivity index (χ1) is 7.76. The summed E-state index contributed by atoms with van der Waals surface area (Å²) in [6.45, 7) is 2.30. The maximum absolute atomic E-state index is 9.37. The molecule has 2 N–H and O–H groups in total. The SMILES string of the molecule is CCC(CO)(CCCSc1nncs1)NC. The van der Waals surface area contributed by atoms with Gasteiger partial charge in [0.1, 0.15) is 5.51 Å². The van der Waals surface area contributed by atoms with Gasteiger partial charge in [-0.15, -0.1) is 10.2 Å². The van der Waals surface area contributed by atoms with E-state index in [1.807, 2.05) is 7.05 Å². The lowest BCUT2D eigenvalue weighted by atomic mass is 9.92. The van der Waals surface area contributed by atoms with Gasteiger partial charge < -0.3 is 10.4 Å². The summed E-state index contributed by atoms with van der Waals surface area (Å²) in [5.41, 5.74) is 1.64. The highest BCUT2D eigenvalue weighted by molar-refractivity contribution is 8.00. The average Bonchev–Trinajstić information content (AvgIpc) is 2.83. The van der Waals surface area contributed by atoms with Gasteiger partial charge >= 0.3 is 0 Å². The van der Waals surface area contributed by atoms with E-state index in [0.29, 0.717) is 0 Å². The molecule has 1 aromatic heterocycles. The van der Waals surface area contributed by atoms with Gasteiger partial charge in [0.25, 0.3) is 0 Å². The van der Waals surface area contributed by atoms with Gasteiger partial charge in [-0.2, -0.15) is 0 Å². The zero-order chi connectivity index (χ0) is 11.9. The molecule has 1 aromatic rings. The second-order valence-electron chi connectivity index (χ2n) is 3.70. The van der Waals surface area contributed by atoms with Crippen molar-refractivity contribution in [3.63, 3.8) is 0 Å². The number of nitrogens with zero attached hydrogens (tertiary/aromatic N) is 2. The van der Waals surface area contributed by atoms with E-state index in [1.165, 1.54) is 0 Å². The Kier molecular flexibility index (Phi) is 6.26. The molecule has 0 aromatic carbocycles. The van der Waals surface area contributed by atoms with E-state index in [0.717, 1.165) is 29.4 Å². The lowest BCUT2D eigenvalue weighted by molar-refractivity contribution is 0.154. The van der Waals surface area contributed by atoms with E-state index in [4.69, 9.17) is 0 Å². The van der Waals surface area contributed by atoms with Gasteiger partial charge in [-0.05, 0) is 26.3 Å². The Bertz CT molecular complexity index is 267. The largest absolute Gasteiger partial charge is 0.394 e. The van der Waals surface area contributed by atoms with Crippen LogP contribution in [0.15, 0.2) is 9.85 Å². The third-order valence-corrected chi connectivity index (χ3v) is 4.82. The molecule has 0 fully saturated rings. The van der Waals surface area contributed by atoms with Crippen molar-refractivity contribution >= 4 is 23.1 Å². The molecule has 0 saturated heterocycles. The Morgan fingerprint density at radius 2 is 2.44 bits per heavy atom. The summed E-state index contributed by atoms with van der Waals surface area (Å²) in [5, 5.41) is 20.4. The second-order valence-corrected chi connectivity index (χ2v) is 5.87. The standard InChI is InChI=1S/C10H19N3OS2/c1-3-10(7-14,11-2)5-4-6-15-9-13-12-8-16-9/h8,11,14H,3-7H2,1-2H3. The third kappa shape index (κ3) is 4.01. The fourth-order valence-electron chi connectivity index (χ4n) is 1.54. The van der Waals surface area contributed by atoms with Crippen molar-refractivity contribution in [2.24, 2.45) is 0 Å². The molecule has 0 radical (unpaired) electrons. The molecule has 16 heavy (non-hydrogen) atoms. The predicted molar refractivity (Wildman–Crippen MR) is 69.0 cm³/mol. The van der Waals surface area contributed by atoms with Crippen molar-refractivity contribution in [1.82, 2.24) is 15.5 Å². The van der Waals surface area contributed by atoms with Gasteiger partial charge in [0.15, 0.2) is 4.34 Å². The zero-order valence-corrected chi connectivity index (χ0v) is 11.4. The van der Waals surface area contributed by atoms with E-state index in [1.54, 1.807) is 28.6 Å². The van der Waals surface area contributed by atoms with Gasteiger partial charge in [-0.25, -0.2) is 0 Å². The van der Waals surface area contributed by atoms with E-state index >= 15 is 0 Å². The molecule has 0 saturated carbocycles. The fraction of sp³-hybridized carbons (Fsp3) is 0.800. The number of aliphatic hydroxyl groups excluding tert-OH is 1. The Hall–Kier alpha value is -0.170. The number of aromatic nitrogens is 2. The second kappa shape index (κ2) is 7.21. The van der Waals surface area contributed by atoms with Crippen LogP contribution in [0.2, 0.25) is 0 Å². The number of hydrogen-bond acceptors (Lipinski definition) is 6. The predicted octanol–water partition coefficient (Wildman–Crippen LogP) is 1.77. The molecule has 0 aliphatic rings. The minimum atomic E-state index is -0.109. The highest BCUT2D eigenvalue weighted by Gasteiger charge is 2.24. The first kappa shape index (κ1) is 13.9. The van der Waals surface area contributed by atoms with E-state index in [9.17, 15) is 5.11 Å². The van der Waals surface area contributed by atoms with Crippen LogP contribution in [0.25, 0.3) is 0 Å². The van der Waals surface area contributed by atoms with Crippen LogP contribution in [0, 0.1) is 0 Å². The van der Waals surface area contributed by atoms with Gasteiger partial charge in [-0.1, -0.05) is 30.0 Å². The number of thioether (sulfide) groups is 1. The molecule has 92 valence electrons. The Labute approximate surface area is 105 Å². The summed E-state index contributed by atoms with van der Waals surface area (Å²) < 4.78 is 1.02. The lowest BCUT2D eigenvalue weighted by Gasteiger charge is -2.30. The number of likely N-dealkylation sites (N-methyl/N-ethyl adjacent to an activating group) is 1. The molecular formula is C10H19N3OS2. The minimum Gasteiger partial charge on any atom is -0.394 e. The molecule has 1 heterocycles. The first-order valence-corrected chi connectivity index (χ1v) is 7.31. The molecule has 0 amide bonds. The summed E-state index contributed by atoms with van der Waals surface area (Å²) in [6.07, 6.45) is 3.01. The molecule has 1 unspecified atom stereocenters. The van der Waals surface area contributed by atoms with Crippen molar-refractivity contribution in [1.29, 1.82) is 0 Å². The monoisotopic (exact) mass is 261 g/mol. The van der Waals surface area contributed by atoms with Crippen molar-refractivity contribution < 1.29 is 5.11 Å². The smallest absolute Gasteiger partial charge is 0.174 e. The number of nitrogens with one attached hydrogen (secondary N) is 1. The van der Waals surface area contributed by atoms with Crippen LogP contribution in [0.3, 0.4) is 0 Å². The fourth-order valence-corrected chi connectivity index (χ4v) is 3.04. The maximum Gasteiger partial charge on any atom is 0.174 e. The Morgan fingerprint density at radius 1 is 1.62 bits per heavy atom. The zero-order valence-electron chi connectivity index (χ0n) is 9.77. The molecule has 0 bridgehead atoms. The molecule has 1 rings (SSSR count). The highest BCUT2D eigenvalue weighted by atomic mass is 32.2. The molecule has 0 aliphatic carbocycles. The van der Waals surface area contributed by atoms with E-state index in [2.05, 4.69) is 22.4 Å². The van der Waals surface area contributed by atoms with Crippen molar-refractivity contribution in [2.45, 2.75) is 36.1 Å². The van der Waals surface area contributed by atoms with Crippen LogP contribution in [-0.4, -0.2) is 40.3 Å². The van der Waals surface area contributed by atoms with Gasteiger partial charge in [0.2, 0.25) is 0 Å². The molecule has 1 atom stereocenters. The Morgan fingerprint density at radius 3 is 2.94 bits per heavy atom. The minimum absolute atomic E-state index is 0.109. The van der Waals surface area contributed by atoms with Crippen LogP contribution >= 0.6 is 23.1 Å². The average molecular weight is 261 g/mol. The summed E-state index contributed by atoms with van der Waals surface area (Å²) in [5.74, 6) is 1.03. The summed E-state index contributed by atoms with van der Waals surface area (Å²) >= 11 is 3.31. The molecule has 0 spiro atoms. The molecule has 4 nitrogen and oxygen atoms in total. The molecule has 0 aliphatic heterocycles. The molecular weight excluding hydrogens is 242 g/mol. The lowest BCUT2D eigenvalue weighted by Crippen LogP contribution is -2.45. The quantitative estimate of drug-likeness (QED) is 0.552. The van der Waals surface area contributed by atoms with Crippen molar-refractivity contribution in [3.8, 4) is 0 Å². The normalized spacial score (nSPS) is 14.9. The van der Waals surface area contributed by atoms with E-state index in [-0.39, 0.29) is 12.1 Å². The first-order valence-electron chi connectivity index (χ1n) is 5.45. The number of rotatable bonds is 8. The molecule has 6 heteroatoms. The van der Waals surface area contributed by atoms with Crippen LogP contribution in [-0.2, 0) is 0 Å². The number of aliphatic hydroxyl groups is 1. The van der Waals surface area contributed by atoms with Gasteiger partial charge in [-0.3, -0.25) is 0 Å². The summed E-state index contributed by atoms with van der Waals surface area (Å²) in [4.78, 5) is 0. The van der Waals surface area contributed by atoms with Gasteiger partial charge in [0.05, 0.1) is 6.61 Å². The van der Waals surface area contributed by atoms with Crippen molar-refractivity contribution in [2.75, 3.05) is 19.4 Å². The highest BCUT2D eigenvalue weighted by Crippen LogP contribution is 2.23. The third-order valence-electron chi connectivity index (χ3n) is 2.88. The van der Waals surface area contributed by atoms with Crippen LogP contribution in [0.5, 0.6) is 0 Å². The summed E-state index contributed by atoms with van der Waals surface area (Å²) in [7, 11) is 1.91. The topological polar surface area (TPSA) is 58.0 Å².